The number of halogens is 6. The average Bonchev–Trinajstić information content (AvgIpc) is 2.24. The number of rotatable bonds is 3. The maximum Gasteiger partial charge on any atom is 0.416 e. The summed E-state index contributed by atoms with van der Waals surface area (Å²) < 4.78 is 79.2. The van der Waals surface area contributed by atoms with Crippen molar-refractivity contribution in [3.05, 3.63) is 29.8 Å². The van der Waals surface area contributed by atoms with E-state index in [1.807, 2.05) is 0 Å². The van der Waals surface area contributed by atoms with Crippen LogP contribution in [0.4, 0.5) is 26.3 Å². The quantitative estimate of drug-likeness (QED) is 0.733. The maximum absolute atomic E-state index is 12.5. The normalized spacial score (nSPS) is 13.5. The Labute approximate surface area is 106 Å². The van der Waals surface area contributed by atoms with Gasteiger partial charge in [-0.1, -0.05) is 0 Å². The van der Waals surface area contributed by atoms with Gasteiger partial charge in [-0.05, 0) is 38.1 Å². The molecule has 0 N–H and O–H groups in total. The third-order valence-corrected chi connectivity index (χ3v) is 2.55. The highest BCUT2D eigenvalue weighted by Gasteiger charge is 2.48. The number of hydrogen-bond donors (Lipinski definition) is 0. The fraction of sp³-hybridized carbons (Fsp3) is 0.500. The molecule has 0 saturated heterocycles. The second-order valence-corrected chi connectivity index (χ2v) is 4.69. The van der Waals surface area contributed by atoms with Crippen molar-refractivity contribution in [2.24, 2.45) is 5.41 Å². The molecule has 1 rings (SSSR count). The third-order valence-electron chi connectivity index (χ3n) is 2.55. The van der Waals surface area contributed by atoms with Gasteiger partial charge in [-0.2, -0.15) is 26.3 Å². The Morgan fingerprint density at radius 2 is 1.37 bits per heavy atom. The third kappa shape index (κ3) is 4.04. The van der Waals surface area contributed by atoms with Gasteiger partial charge in [0.05, 0.1) is 11.0 Å². The second-order valence-electron chi connectivity index (χ2n) is 4.69. The Morgan fingerprint density at radius 1 is 0.895 bits per heavy atom. The Hall–Kier alpha value is -1.40. The van der Waals surface area contributed by atoms with Crippen LogP contribution in [0.3, 0.4) is 0 Å². The summed E-state index contributed by atoms with van der Waals surface area (Å²) in [5.41, 5.74) is -2.95. The van der Waals surface area contributed by atoms with Crippen molar-refractivity contribution in [2.45, 2.75) is 26.2 Å². The fourth-order valence-electron chi connectivity index (χ4n) is 1.09. The lowest BCUT2D eigenvalue weighted by molar-refractivity contribution is -0.219. The van der Waals surface area contributed by atoms with Crippen LogP contribution in [0.2, 0.25) is 0 Å². The van der Waals surface area contributed by atoms with Gasteiger partial charge in [0.2, 0.25) is 0 Å². The molecule has 0 atom stereocenters. The molecule has 0 aliphatic heterocycles. The summed E-state index contributed by atoms with van der Waals surface area (Å²) in [5.74, 6) is -0.0367. The Morgan fingerprint density at radius 3 is 1.74 bits per heavy atom. The molecule has 0 aliphatic rings. The highest BCUT2D eigenvalue weighted by Crippen LogP contribution is 2.38. The van der Waals surface area contributed by atoms with Crippen molar-refractivity contribution >= 4 is 0 Å². The summed E-state index contributed by atoms with van der Waals surface area (Å²) in [5, 5.41) is 0. The standard InChI is InChI=1S/C12H12F6O/c1-10(2,12(16,17)18)7-19-9-5-3-8(4-6-9)11(13,14)15/h3-6H,7H2,1-2H3. The van der Waals surface area contributed by atoms with Crippen molar-refractivity contribution in [3.63, 3.8) is 0 Å². The largest absolute Gasteiger partial charge is 0.493 e. The van der Waals surface area contributed by atoms with Crippen molar-refractivity contribution in [2.75, 3.05) is 6.61 Å². The summed E-state index contributed by atoms with van der Waals surface area (Å²) in [7, 11) is 0. The first kappa shape index (κ1) is 15.7. The summed E-state index contributed by atoms with van der Waals surface area (Å²) in [6.45, 7) is 1.25. The van der Waals surface area contributed by atoms with Crippen molar-refractivity contribution < 1.29 is 31.1 Å². The van der Waals surface area contributed by atoms with E-state index in [0.717, 1.165) is 38.1 Å². The molecule has 7 heteroatoms. The van der Waals surface area contributed by atoms with Crippen LogP contribution in [0.15, 0.2) is 24.3 Å². The van der Waals surface area contributed by atoms with Gasteiger partial charge in [0.1, 0.15) is 12.4 Å². The Bertz CT molecular complexity index is 415. The van der Waals surface area contributed by atoms with Crippen LogP contribution < -0.4 is 4.74 Å². The zero-order valence-corrected chi connectivity index (χ0v) is 10.2. The van der Waals surface area contributed by atoms with E-state index in [1.54, 1.807) is 0 Å². The monoisotopic (exact) mass is 286 g/mol. The first-order valence-electron chi connectivity index (χ1n) is 5.30. The van der Waals surface area contributed by atoms with E-state index in [4.69, 9.17) is 4.74 Å². The molecule has 0 radical (unpaired) electrons. The van der Waals surface area contributed by atoms with Gasteiger partial charge in [-0.25, -0.2) is 0 Å². The van der Waals surface area contributed by atoms with Gasteiger partial charge in [-0.15, -0.1) is 0 Å². The summed E-state index contributed by atoms with van der Waals surface area (Å²) >= 11 is 0. The van der Waals surface area contributed by atoms with Gasteiger partial charge < -0.3 is 4.74 Å². The van der Waals surface area contributed by atoms with Crippen molar-refractivity contribution in [3.8, 4) is 5.75 Å². The maximum atomic E-state index is 12.5. The topological polar surface area (TPSA) is 9.23 Å². The van der Waals surface area contributed by atoms with E-state index in [2.05, 4.69) is 0 Å². The average molecular weight is 286 g/mol. The SMILES string of the molecule is CC(C)(COc1ccc(C(F)(F)F)cc1)C(F)(F)F. The van der Waals surface area contributed by atoms with E-state index < -0.39 is 29.9 Å². The predicted molar refractivity (Wildman–Crippen MR) is 56.8 cm³/mol. The highest BCUT2D eigenvalue weighted by atomic mass is 19.4. The van der Waals surface area contributed by atoms with Gasteiger partial charge in [-0.3, -0.25) is 0 Å². The minimum Gasteiger partial charge on any atom is -0.493 e. The molecule has 0 amide bonds. The molecule has 0 aromatic heterocycles. The number of benzene rings is 1. The van der Waals surface area contributed by atoms with E-state index >= 15 is 0 Å². The van der Waals surface area contributed by atoms with Gasteiger partial charge in [0, 0.05) is 0 Å². The molecular formula is C12H12F6O. The first-order chi connectivity index (χ1) is 8.43. The molecule has 0 unspecified atom stereocenters. The van der Waals surface area contributed by atoms with E-state index in [0.29, 0.717) is 0 Å². The lowest BCUT2D eigenvalue weighted by Crippen LogP contribution is -2.37. The molecular weight excluding hydrogens is 274 g/mol. The van der Waals surface area contributed by atoms with Gasteiger partial charge in [0.25, 0.3) is 0 Å². The fourth-order valence-corrected chi connectivity index (χ4v) is 1.09. The molecule has 1 nitrogen and oxygen atoms in total. The number of hydrogen-bond acceptors (Lipinski definition) is 1. The Balaban J connectivity index is 2.70. The van der Waals surface area contributed by atoms with Gasteiger partial charge in [0.15, 0.2) is 0 Å². The molecule has 0 saturated carbocycles. The summed E-state index contributed by atoms with van der Waals surface area (Å²) in [4.78, 5) is 0. The molecule has 0 aliphatic carbocycles. The van der Waals surface area contributed by atoms with Gasteiger partial charge >= 0.3 is 12.4 Å². The summed E-state index contributed by atoms with van der Waals surface area (Å²) in [6.07, 6.45) is -8.93. The molecule has 1 aromatic rings. The molecule has 108 valence electrons. The Kier molecular flexibility index (Phi) is 4.07. The minimum atomic E-state index is -4.48. The van der Waals surface area contributed by atoms with Crippen molar-refractivity contribution in [1.29, 1.82) is 0 Å². The predicted octanol–water partition coefficient (Wildman–Crippen LogP) is 4.67. The lowest BCUT2D eigenvalue weighted by atomic mass is 9.94. The molecule has 0 fully saturated rings. The second kappa shape index (κ2) is 4.94. The summed E-state index contributed by atoms with van der Waals surface area (Å²) in [6, 6.07) is 3.51. The zero-order valence-electron chi connectivity index (χ0n) is 10.2. The molecule has 0 bridgehead atoms. The molecule has 19 heavy (non-hydrogen) atoms. The number of alkyl halides is 6. The van der Waals surface area contributed by atoms with E-state index in [-0.39, 0.29) is 5.75 Å². The van der Waals surface area contributed by atoms with Crippen molar-refractivity contribution in [1.82, 2.24) is 0 Å². The van der Waals surface area contributed by atoms with Crippen LogP contribution in [0.5, 0.6) is 5.75 Å². The van der Waals surface area contributed by atoms with Crippen LogP contribution in [-0.4, -0.2) is 12.8 Å². The highest BCUT2D eigenvalue weighted by molar-refractivity contribution is 5.28. The minimum absolute atomic E-state index is 0.0367. The van der Waals surface area contributed by atoms with Crippen LogP contribution in [0.25, 0.3) is 0 Å². The van der Waals surface area contributed by atoms with E-state index in [9.17, 15) is 26.3 Å². The van der Waals surface area contributed by atoms with Crippen LogP contribution >= 0.6 is 0 Å². The van der Waals surface area contributed by atoms with Crippen LogP contribution in [-0.2, 0) is 6.18 Å². The van der Waals surface area contributed by atoms with Crippen LogP contribution in [0.1, 0.15) is 19.4 Å². The molecule has 1 aromatic carbocycles. The number of ether oxygens (including phenoxy) is 1. The molecule has 0 heterocycles. The van der Waals surface area contributed by atoms with E-state index in [1.165, 1.54) is 0 Å². The first-order valence-corrected chi connectivity index (χ1v) is 5.30. The van der Waals surface area contributed by atoms with Crippen LogP contribution in [0, 0.1) is 5.41 Å². The molecule has 0 spiro atoms. The smallest absolute Gasteiger partial charge is 0.416 e. The zero-order chi connectivity index (χ0) is 14.9. The lowest BCUT2D eigenvalue weighted by Gasteiger charge is -2.27.